The molecule has 0 aromatic heterocycles. The van der Waals surface area contributed by atoms with E-state index in [0.717, 1.165) is 68.6 Å². The molecule has 236 valence electrons. The van der Waals surface area contributed by atoms with Crippen LogP contribution in [0.1, 0.15) is 56.1 Å². The summed E-state index contributed by atoms with van der Waals surface area (Å²) in [7, 11) is 5.73. The van der Waals surface area contributed by atoms with E-state index in [4.69, 9.17) is 14.2 Å². The average Bonchev–Trinajstić information content (AvgIpc) is 3.61. The lowest BCUT2D eigenvalue weighted by Crippen LogP contribution is -2.45. The maximum Gasteiger partial charge on any atom is 0.308 e. The van der Waals surface area contributed by atoms with Gasteiger partial charge >= 0.3 is 5.97 Å². The molecule has 9 nitrogen and oxygen atoms in total. The molecule has 9 heteroatoms. The van der Waals surface area contributed by atoms with Crippen molar-refractivity contribution in [2.75, 3.05) is 67.1 Å². The van der Waals surface area contributed by atoms with Gasteiger partial charge < -0.3 is 29.1 Å². The number of hydrogen-bond acceptors (Lipinski definition) is 7. The topological polar surface area (TPSA) is 91.8 Å². The second-order valence-electron chi connectivity index (χ2n) is 12.0. The standard InChI is InChI=1S/C34H49N3O6/c1-5-6-18-36(19-10-9-17-35(2)3)32(38)24-37-23-27(25-13-14-29-26(22-25)15-20-42-29)33(34(39)40)28(37)16-21-43-31-12-8-7-11-30(31)41-4/h7-8,11-14,22,27-28,33H,5-6,9-10,15-21,23-24H2,1-4H3,(H,39,40). The summed E-state index contributed by atoms with van der Waals surface area (Å²) in [6.07, 6.45) is 5.24. The molecule has 2 aromatic carbocycles. The van der Waals surface area contributed by atoms with E-state index in [0.29, 0.717) is 37.7 Å². The number of unbranched alkanes of at least 4 members (excludes halogenated alkanes) is 2. The van der Waals surface area contributed by atoms with Crippen LogP contribution < -0.4 is 14.2 Å². The number of carbonyl (C=O) groups is 2. The van der Waals surface area contributed by atoms with Crippen LogP contribution in [0.15, 0.2) is 42.5 Å². The van der Waals surface area contributed by atoms with Gasteiger partial charge in [0.2, 0.25) is 5.91 Å². The Morgan fingerprint density at radius 3 is 2.51 bits per heavy atom. The zero-order chi connectivity index (χ0) is 30.8. The van der Waals surface area contributed by atoms with Crippen molar-refractivity contribution < 1.29 is 28.9 Å². The normalized spacial score (nSPS) is 19.7. The van der Waals surface area contributed by atoms with E-state index in [1.165, 1.54) is 0 Å². The van der Waals surface area contributed by atoms with Crippen LogP contribution in [-0.2, 0) is 16.0 Å². The van der Waals surface area contributed by atoms with Gasteiger partial charge in [0.25, 0.3) is 0 Å². The minimum absolute atomic E-state index is 0.0705. The van der Waals surface area contributed by atoms with E-state index < -0.39 is 11.9 Å². The Morgan fingerprint density at radius 1 is 1.05 bits per heavy atom. The van der Waals surface area contributed by atoms with Crippen molar-refractivity contribution in [1.82, 2.24) is 14.7 Å². The second kappa shape index (κ2) is 16.0. The second-order valence-corrected chi connectivity index (χ2v) is 12.0. The van der Waals surface area contributed by atoms with Crippen LogP contribution in [0.2, 0.25) is 0 Å². The van der Waals surface area contributed by atoms with Gasteiger partial charge in [-0.25, -0.2) is 0 Å². The fourth-order valence-corrected chi connectivity index (χ4v) is 6.37. The Balaban J connectivity index is 1.54. The van der Waals surface area contributed by atoms with Crippen LogP contribution >= 0.6 is 0 Å². The van der Waals surface area contributed by atoms with Crippen molar-refractivity contribution in [3.05, 3.63) is 53.6 Å². The van der Waals surface area contributed by atoms with E-state index in [9.17, 15) is 14.7 Å². The fourth-order valence-electron chi connectivity index (χ4n) is 6.37. The number of nitrogens with zero attached hydrogens (tertiary/aromatic N) is 3. The third-order valence-electron chi connectivity index (χ3n) is 8.67. The number of fused-ring (bicyclic) bond motifs is 1. The minimum atomic E-state index is -0.842. The molecule has 0 bridgehead atoms. The van der Waals surface area contributed by atoms with Gasteiger partial charge in [-0.1, -0.05) is 37.6 Å². The number of carbonyl (C=O) groups excluding carboxylic acids is 1. The van der Waals surface area contributed by atoms with Gasteiger partial charge in [0.1, 0.15) is 5.75 Å². The summed E-state index contributed by atoms with van der Waals surface area (Å²) >= 11 is 0. The number of carboxylic acids is 1. The number of likely N-dealkylation sites (tertiary alicyclic amines) is 1. The molecule has 1 saturated heterocycles. The van der Waals surface area contributed by atoms with Gasteiger partial charge in [-0.3, -0.25) is 14.5 Å². The Hall–Kier alpha value is -3.30. The first-order chi connectivity index (χ1) is 20.8. The zero-order valence-electron chi connectivity index (χ0n) is 26.3. The third-order valence-corrected chi connectivity index (χ3v) is 8.67. The van der Waals surface area contributed by atoms with Crippen molar-refractivity contribution >= 4 is 11.9 Å². The van der Waals surface area contributed by atoms with Gasteiger partial charge in [0.05, 0.1) is 32.8 Å². The molecule has 3 atom stereocenters. The summed E-state index contributed by atoms with van der Waals surface area (Å²) in [5, 5.41) is 10.6. The van der Waals surface area contributed by atoms with Crippen molar-refractivity contribution in [3.8, 4) is 17.2 Å². The largest absolute Gasteiger partial charge is 0.493 e. The van der Waals surface area contributed by atoms with Crippen molar-refractivity contribution in [1.29, 1.82) is 0 Å². The lowest BCUT2D eigenvalue weighted by molar-refractivity contribution is -0.144. The van der Waals surface area contributed by atoms with Crippen LogP contribution in [0.3, 0.4) is 0 Å². The highest BCUT2D eigenvalue weighted by atomic mass is 16.5. The van der Waals surface area contributed by atoms with Crippen LogP contribution in [0.25, 0.3) is 0 Å². The van der Waals surface area contributed by atoms with Crippen LogP contribution in [0, 0.1) is 5.92 Å². The maximum absolute atomic E-state index is 13.8. The molecule has 1 amide bonds. The number of benzene rings is 2. The monoisotopic (exact) mass is 595 g/mol. The van der Waals surface area contributed by atoms with Crippen molar-refractivity contribution in [2.24, 2.45) is 5.92 Å². The third kappa shape index (κ3) is 8.63. The SMILES string of the molecule is CCCCN(CCCCN(C)C)C(=O)CN1CC(c2ccc3c(c2)CCO3)C(C(=O)O)C1CCOc1ccccc1OC. The first-order valence-corrected chi connectivity index (χ1v) is 15.7. The summed E-state index contributed by atoms with van der Waals surface area (Å²) in [5.74, 6) is 0.455. The first kappa shape index (κ1) is 32.6. The molecule has 4 rings (SSSR count). The van der Waals surface area contributed by atoms with Crippen LogP contribution in [0.5, 0.6) is 17.2 Å². The molecule has 2 aromatic rings. The molecule has 1 fully saturated rings. The minimum Gasteiger partial charge on any atom is -0.493 e. The highest BCUT2D eigenvalue weighted by Gasteiger charge is 2.47. The zero-order valence-corrected chi connectivity index (χ0v) is 26.3. The van der Waals surface area contributed by atoms with Crippen molar-refractivity contribution in [2.45, 2.75) is 57.4 Å². The molecule has 1 N–H and O–H groups in total. The van der Waals surface area contributed by atoms with E-state index in [-0.39, 0.29) is 24.4 Å². The molecule has 2 heterocycles. The molecule has 43 heavy (non-hydrogen) atoms. The summed E-state index contributed by atoms with van der Waals surface area (Å²) in [4.78, 5) is 32.9. The molecular formula is C34H49N3O6. The number of hydrogen-bond donors (Lipinski definition) is 1. The first-order valence-electron chi connectivity index (χ1n) is 15.7. The van der Waals surface area contributed by atoms with Gasteiger partial charge in [0.15, 0.2) is 11.5 Å². The highest BCUT2D eigenvalue weighted by Crippen LogP contribution is 2.41. The Morgan fingerprint density at radius 2 is 1.79 bits per heavy atom. The lowest BCUT2D eigenvalue weighted by Gasteiger charge is -2.30. The van der Waals surface area contributed by atoms with E-state index in [2.05, 4.69) is 36.9 Å². The van der Waals surface area contributed by atoms with E-state index >= 15 is 0 Å². The van der Waals surface area contributed by atoms with Gasteiger partial charge in [-0.05, 0) is 75.6 Å². The van der Waals surface area contributed by atoms with E-state index in [1.54, 1.807) is 7.11 Å². The summed E-state index contributed by atoms with van der Waals surface area (Å²) in [6, 6.07) is 13.2. The molecule has 2 aliphatic rings. The number of rotatable bonds is 17. The molecule has 0 radical (unpaired) electrons. The fraction of sp³-hybridized carbons (Fsp3) is 0.588. The number of methoxy groups -OCH3 is 1. The van der Waals surface area contributed by atoms with Crippen LogP contribution in [0.4, 0.5) is 0 Å². The van der Waals surface area contributed by atoms with Crippen LogP contribution in [-0.4, -0.2) is 105 Å². The van der Waals surface area contributed by atoms with Gasteiger partial charge in [-0.2, -0.15) is 0 Å². The number of para-hydroxylation sites is 2. The number of ether oxygens (including phenoxy) is 3. The average molecular weight is 596 g/mol. The molecular weight excluding hydrogens is 546 g/mol. The summed E-state index contributed by atoms with van der Waals surface area (Å²) in [5.41, 5.74) is 2.12. The predicted molar refractivity (Wildman–Crippen MR) is 167 cm³/mol. The molecule has 0 saturated carbocycles. The Labute approximate surface area is 256 Å². The van der Waals surface area contributed by atoms with Crippen molar-refractivity contribution in [3.63, 3.8) is 0 Å². The molecule has 3 unspecified atom stereocenters. The predicted octanol–water partition coefficient (Wildman–Crippen LogP) is 4.54. The lowest BCUT2D eigenvalue weighted by atomic mass is 9.83. The molecule has 0 spiro atoms. The summed E-state index contributed by atoms with van der Waals surface area (Å²) < 4.78 is 17.2. The Kier molecular flexibility index (Phi) is 12.1. The number of aliphatic carboxylic acids is 1. The quantitative estimate of drug-likeness (QED) is 0.267. The summed E-state index contributed by atoms with van der Waals surface area (Å²) in [6.45, 7) is 6.24. The maximum atomic E-state index is 13.8. The molecule has 2 aliphatic heterocycles. The van der Waals surface area contributed by atoms with Gasteiger partial charge in [0, 0.05) is 38.0 Å². The number of carboxylic acid groups (broad SMARTS) is 1. The Bertz CT molecular complexity index is 1200. The van der Waals surface area contributed by atoms with E-state index in [1.807, 2.05) is 41.3 Å². The smallest absolute Gasteiger partial charge is 0.308 e. The number of amides is 1. The molecule has 0 aliphatic carbocycles. The van der Waals surface area contributed by atoms with Gasteiger partial charge in [-0.15, -0.1) is 0 Å². The highest BCUT2D eigenvalue weighted by molar-refractivity contribution is 5.79.